The Morgan fingerprint density at radius 2 is 1.74 bits per heavy atom. The van der Waals surface area contributed by atoms with Crippen molar-refractivity contribution >= 4 is 23.2 Å². The van der Waals surface area contributed by atoms with Crippen LogP contribution in [0.5, 0.6) is 5.75 Å². The first-order chi connectivity index (χ1) is 15.2. The van der Waals surface area contributed by atoms with Crippen LogP contribution in [0.25, 0.3) is 0 Å². The van der Waals surface area contributed by atoms with Crippen molar-refractivity contribution < 1.29 is 14.3 Å². The van der Waals surface area contributed by atoms with Crippen LogP contribution >= 0.6 is 0 Å². The standard InChI is InChI=1S/C25H33N3O3/c1-2-3-17-31-23-12-8-7-11-22(23)28-24(29)18-26-20-15-13-19(14-16-20)25(30)27-21-9-5-4-6-10-21/h7-8,11-16,21,26H,2-6,9-10,17-18H2,1H3,(H,27,30)(H,28,29). The van der Waals surface area contributed by atoms with Crippen LogP contribution in [0.2, 0.25) is 0 Å². The average Bonchev–Trinajstić information content (AvgIpc) is 2.80. The molecule has 3 N–H and O–H groups in total. The second-order valence-corrected chi connectivity index (χ2v) is 7.99. The molecule has 0 unspecified atom stereocenters. The van der Waals surface area contributed by atoms with Crippen molar-refractivity contribution in [3.8, 4) is 5.75 Å². The summed E-state index contributed by atoms with van der Waals surface area (Å²) >= 11 is 0. The molecule has 0 bridgehead atoms. The van der Waals surface area contributed by atoms with Crippen LogP contribution in [0, 0.1) is 0 Å². The number of benzene rings is 2. The van der Waals surface area contributed by atoms with Crippen molar-refractivity contribution in [2.45, 2.75) is 57.9 Å². The molecule has 0 saturated heterocycles. The minimum atomic E-state index is -0.161. The number of hydrogen-bond acceptors (Lipinski definition) is 4. The van der Waals surface area contributed by atoms with Gasteiger partial charge >= 0.3 is 0 Å². The molecule has 6 heteroatoms. The normalized spacial score (nSPS) is 14.0. The molecule has 31 heavy (non-hydrogen) atoms. The van der Waals surface area contributed by atoms with Crippen LogP contribution in [0.4, 0.5) is 11.4 Å². The Hall–Kier alpha value is -3.02. The lowest BCUT2D eigenvalue weighted by Crippen LogP contribution is -2.36. The lowest BCUT2D eigenvalue weighted by Gasteiger charge is -2.22. The average molecular weight is 424 g/mol. The molecular formula is C25H33N3O3. The van der Waals surface area contributed by atoms with Crippen molar-refractivity contribution in [3.63, 3.8) is 0 Å². The Bertz CT molecular complexity index is 845. The summed E-state index contributed by atoms with van der Waals surface area (Å²) < 4.78 is 5.76. The van der Waals surface area contributed by atoms with Gasteiger partial charge in [0, 0.05) is 17.3 Å². The number of rotatable bonds is 10. The zero-order valence-electron chi connectivity index (χ0n) is 18.3. The molecule has 0 aromatic heterocycles. The number of anilines is 2. The predicted octanol–water partition coefficient (Wildman–Crippen LogP) is 4.98. The maximum absolute atomic E-state index is 12.4. The zero-order valence-corrected chi connectivity index (χ0v) is 18.3. The number of amides is 2. The first kappa shape index (κ1) is 22.7. The summed E-state index contributed by atoms with van der Waals surface area (Å²) in [6, 6.07) is 15.0. The maximum Gasteiger partial charge on any atom is 0.251 e. The van der Waals surface area contributed by atoms with Gasteiger partial charge in [0.2, 0.25) is 5.91 Å². The number of carbonyl (C=O) groups is 2. The Balaban J connectivity index is 1.46. The third kappa shape index (κ3) is 7.31. The summed E-state index contributed by atoms with van der Waals surface area (Å²) in [6.45, 7) is 2.86. The Kier molecular flexibility index (Phi) is 8.76. The summed E-state index contributed by atoms with van der Waals surface area (Å²) in [6.07, 6.45) is 7.78. The summed E-state index contributed by atoms with van der Waals surface area (Å²) in [4.78, 5) is 24.8. The molecule has 0 spiro atoms. The van der Waals surface area contributed by atoms with Gasteiger partial charge in [0.05, 0.1) is 18.8 Å². The highest BCUT2D eigenvalue weighted by Crippen LogP contribution is 2.24. The van der Waals surface area contributed by atoms with Gasteiger partial charge in [-0.15, -0.1) is 0 Å². The fraction of sp³-hybridized carbons (Fsp3) is 0.440. The largest absolute Gasteiger partial charge is 0.491 e. The molecule has 1 aliphatic rings. The molecule has 2 aromatic rings. The molecule has 0 aliphatic heterocycles. The molecule has 2 amide bonds. The topological polar surface area (TPSA) is 79.5 Å². The quantitative estimate of drug-likeness (QED) is 0.471. The van der Waals surface area contributed by atoms with Gasteiger partial charge in [-0.1, -0.05) is 44.7 Å². The van der Waals surface area contributed by atoms with E-state index in [1.165, 1.54) is 19.3 Å². The van der Waals surface area contributed by atoms with Gasteiger partial charge in [-0.05, 0) is 55.7 Å². The Morgan fingerprint density at radius 1 is 1.00 bits per heavy atom. The van der Waals surface area contributed by atoms with Crippen LogP contribution < -0.4 is 20.7 Å². The molecule has 1 fully saturated rings. The van der Waals surface area contributed by atoms with Crippen molar-refractivity contribution in [1.29, 1.82) is 0 Å². The van der Waals surface area contributed by atoms with E-state index in [2.05, 4.69) is 22.9 Å². The first-order valence-corrected chi connectivity index (χ1v) is 11.3. The van der Waals surface area contributed by atoms with E-state index in [0.29, 0.717) is 23.6 Å². The van der Waals surface area contributed by atoms with Gasteiger partial charge in [0.15, 0.2) is 0 Å². The number of para-hydroxylation sites is 2. The molecule has 3 rings (SSSR count). The molecule has 166 valence electrons. The smallest absolute Gasteiger partial charge is 0.251 e. The summed E-state index contributed by atoms with van der Waals surface area (Å²) in [7, 11) is 0. The van der Waals surface area contributed by atoms with Gasteiger partial charge in [0.1, 0.15) is 5.75 Å². The lowest BCUT2D eigenvalue weighted by atomic mass is 9.95. The molecule has 1 saturated carbocycles. The number of carbonyl (C=O) groups excluding carboxylic acids is 2. The zero-order chi connectivity index (χ0) is 21.9. The van der Waals surface area contributed by atoms with Gasteiger partial charge in [-0.3, -0.25) is 9.59 Å². The van der Waals surface area contributed by atoms with Gasteiger partial charge in [-0.2, -0.15) is 0 Å². The highest BCUT2D eigenvalue weighted by Gasteiger charge is 2.16. The van der Waals surface area contributed by atoms with E-state index in [0.717, 1.165) is 31.4 Å². The SMILES string of the molecule is CCCCOc1ccccc1NC(=O)CNc1ccc(C(=O)NC2CCCCC2)cc1. The van der Waals surface area contributed by atoms with Gasteiger partial charge in [-0.25, -0.2) is 0 Å². The fourth-order valence-corrected chi connectivity index (χ4v) is 3.65. The van der Waals surface area contributed by atoms with E-state index in [1.807, 2.05) is 36.4 Å². The summed E-state index contributed by atoms with van der Waals surface area (Å²) in [5.41, 5.74) is 2.09. The van der Waals surface area contributed by atoms with E-state index >= 15 is 0 Å². The van der Waals surface area contributed by atoms with Crippen molar-refractivity contribution in [2.24, 2.45) is 0 Å². The van der Waals surface area contributed by atoms with Crippen molar-refractivity contribution in [3.05, 3.63) is 54.1 Å². The van der Waals surface area contributed by atoms with E-state index in [-0.39, 0.29) is 24.4 Å². The second-order valence-electron chi connectivity index (χ2n) is 7.99. The van der Waals surface area contributed by atoms with Crippen LogP contribution in [0.15, 0.2) is 48.5 Å². The van der Waals surface area contributed by atoms with Crippen LogP contribution in [0.1, 0.15) is 62.2 Å². The van der Waals surface area contributed by atoms with Crippen molar-refractivity contribution in [2.75, 3.05) is 23.8 Å². The van der Waals surface area contributed by atoms with E-state index < -0.39 is 0 Å². The maximum atomic E-state index is 12.4. The third-order valence-electron chi connectivity index (χ3n) is 5.46. The lowest BCUT2D eigenvalue weighted by molar-refractivity contribution is -0.114. The number of ether oxygens (including phenoxy) is 1. The molecular weight excluding hydrogens is 390 g/mol. The Morgan fingerprint density at radius 3 is 2.48 bits per heavy atom. The first-order valence-electron chi connectivity index (χ1n) is 11.3. The fourth-order valence-electron chi connectivity index (χ4n) is 3.65. The Labute approximate surface area is 184 Å². The van der Waals surface area contributed by atoms with E-state index in [4.69, 9.17) is 4.74 Å². The highest BCUT2D eigenvalue weighted by molar-refractivity contribution is 5.96. The van der Waals surface area contributed by atoms with Gasteiger partial charge < -0.3 is 20.7 Å². The summed E-state index contributed by atoms with van der Waals surface area (Å²) in [5, 5.41) is 9.11. The minimum Gasteiger partial charge on any atom is -0.491 e. The predicted molar refractivity (Wildman–Crippen MR) is 125 cm³/mol. The van der Waals surface area contributed by atoms with Gasteiger partial charge in [0.25, 0.3) is 5.91 Å². The number of nitrogens with one attached hydrogen (secondary N) is 3. The van der Waals surface area contributed by atoms with Crippen LogP contribution in [-0.4, -0.2) is 31.0 Å². The van der Waals surface area contributed by atoms with Crippen molar-refractivity contribution in [1.82, 2.24) is 5.32 Å². The summed E-state index contributed by atoms with van der Waals surface area (Å²) in [5.74, 6) is 0.485. The van der Waals surface area contributed by atoms with E-state index in [9.17, 15) is 9.59 Å². The molecule has 0 radical (unpaired) electrons. The minimum absolute atomic E-state index is 0.0316. The molecule has 0 atom stereocenters. The monoisotopic (exact) mass is 423 g/mol. The highest BCUT2D eigenvalue weighted by atomic mass is 16.5. The van der Waals surface area contributed by atoms with Crippen LogP contribution in [0.3, 0.4) is 0 Å². The van der Waals surface area contributed by atoms with E-state index in [1.54, 1.807) is 12.1 Å². The third-order valence-corrected chi connectivity index (χ3v) is 5.46. The second kappa shape index (κ2) is 12.0. The number of unbranched alkanes of at least 4 members (excludes halogenated alkanes) is 1. The number of hydrogen-bond donors (Lipinski definition) is 3. The molecule has 6 nitrogen and oxygen atoms in total. The molecule has 0 heterocycles. The molecule has 1 aliphatic carbocycles. The van der Waals surface area contributed by atoms with Crippen LogP contribution in [-0.2, 0) is 4.79 Å². The molecule has 2 aromatic carbocycles.